The van der Waals surface area contributed by atoms with Crippen LogP contribution >= 0.6 is 0 Å². The second-order valence-electron chi connectivity index (χ2n) is 5.83. The molecule has 0 radical (unpaired) electrons. The van der Waals surface area contributed by atoms with Gasteiger partial charge < -0.3 is 15.4 Å². The summed E-state index contributed by atoms with van der Waals surface area (Å²) in [6.07, 6.45) is 6.47. The molecule has 4 heteroatoms. The van der Waals surface area contributed by atoms with Gasteiger partial charge in [-0.2, -0.15) is 0 Å². The molecule has 0 aromatic heterocycles. The molecule has 0 aromatic rings. The Kier molecular flexibility index (Phi) is 7.39. The number of amides is 1. The summed E-state index contributed by atoms with van der Waals surface area (Å²) in [5, 5.41) is 6.50. The van der Waals surface area contributed by atoms with Crippen molar-refractivity contribution in [2.24, 2.45) is 5.41 Å². The van der Waals surface area contributed by atoms with E-state index in [4.69, 9.17) is 4.74 Å². The number of unbranched alkanes of at least 4 members (excludes halogenated alkanes) is 2. The highest BCUT2D eigenvalue weighted by atomic mass is 16.5. The predicted octanol–water partition coefficient (Wildman–Crippen LogP) is 2.09. The SMILES string of the molecule is CCCCCC(C)NC(=O)C1(COC)CCNCC1. The van der Waals surface area contributed by atoms with Gasteiger partial charge in [-0.15, -0.1) is 0 Å². The summed E-state index contributed by atoms with van der Waals surface area (Å²) in [6, 6.07) is 0.266. The van der Waals surface area contributed by atoms with Crippen molar-refractivity contribution in [3.63, 3.8) is 0 Å². The number of ether oxygens (including phenoxy) is 1. The lowest BCUT2D eigenvalue weighted by Gasteiger charge is -2.36. The van der Waals surface area contributed by atoms with Gasteiger partial charge >= 0.3 is 0 Å². The molecule has 1 amide bonds. The normalized spacial score (nSPS) is 19.9. The van der Waals surface area contributed by atoms with Gasteiger partial charge in [0.2, 0.25) is 5.91 Å². The van der Waals surface area contributed by atoms with Crippen molar-refractivity contribution in [2.75, 3.05) is 26.8 Å². The van der Waals surface area contributed by atoms with E-state index in [1.165, 1.54) is 19.3 Å². The van der Waals surface area contributed by atoms with E-state index in [1.807, 2.05) is 0 Å². The van der Waals surface area contributed by atoms with Gasteiger partial charge in [0.15, 0.2) is 0 Å². The van der Waals surface area contributed by atoms with Gasteiger partial charge in [-0.1, -0.05) is 26.2 Å². The van der Waals surface area contributed by atoms with Crippen molar-refractivity contribution < 1.29 is 9.53 Å². The van der Waals surface area contributed by atoms with Crippen LogP contribution in [0.15, 0.2) is 0 Å². The van der Waals surface area contributed by atoms with Crippen LogP contribution in [0, 0.1) is 5.41 Å². The minimum atomic E-state index is -0.320. The molecular formula is C15H30N2O2. The smallest absolute Gasteiger partial charge is 0.228 e. The highest BCUT2D eigenvalue weighted by Crippen LogP contribution is 2.29. The molecule has 1 heterocycles. The third kappa shape index (κ3) is 5.11. The lowest BCUT2D eigenvalue weighted by Crippen LogP contribution is -2.52. The Morgan fingerprint density at radius 2 is 2.05 bits per heavy atom. The van der Waals surface area contributed by atoms with Crippen molar-refractivity contribution in [1.29, 1.82) is 0 Å². The van der Waals surface area contributed by atoms with E-state index in [0.29, 0.717) is 6.61 Å². The molecule has 1 saturated heterocycles. The molecule has 1 fully saturated rings. The second kappa shape index (κ2) is 8.54. The molecule has 0 spiro atoms. The van der Waals surface area contributed by atoms with Crippen LogP contribution < -0.4 is 10.6 Å². The van der Waals surface area contributed by atoms with E-state index in [0.717, 1.165) is 32.4 Å². The monoisotopic (exact) mass is 270 g/mol. The third-order valence-corrected chi connectivity index (χ3v) is 4.08. The van der Waals surface area contributed by atoms with E-state index >= 15 is 0 Å². The molecule has 1 unspecified atom stereocenters. The molecule has 0 aromatic carbocycles. The number of carbonyl (C=O) groups excluding carboxylic acids is 1. The number of hydrogen-bond donors (Lipinski definition) is 2. The van der Waals surface area contributed by atoms with E-state index in [2.05, 4.69) is 24.5 Å². The van der Waals surface area contributed by atoms with Crippen LogP contribution in [0.5, 0.6) is 0 Å². The molecule has 0 aliphatic carbocycles. The number of hydrogen-bond acceptors (Lipinski definition) is 3. The Hall–Kier alpha value is -0.610. The number of methoxy groups -OCH3 is 1. The first kappa shape index (κ1) is 16.4. The number of nitrogens with one attached hydrogen (secondary N) is 2. The maximum Gasteiger partial charge on any atom is 0.228 e. The number of carbonyl (C=O) groups is 1. The number of rotatable bonds is 8. The van der Waals surface area contributed by atoms with Crippen LogP contribution in [0.3, 0.4) is 0 Å². The van der Waals surface area contributed by atoms with Crippen LogP contribution in [0.2, 0.25) is 0 Å². The highest BCUT2D eigenvalue weighted by Gasteiger charge is 2.39. The average Bonchev–Trinajstić information content (AvgIpc) is 2.40. The minimum Gasteiger partial charge on any atom is -0.384 e. The molecule has 0 saturated carbocycles. The molecule has 1 aliphatic heterocycles. The van der Waals surface area contributed by atoms with Crippen molar-refractivity contribution in [3.8, 4) is 0 Å². The summed E-state index contributed by atoms with van der Waals surface area (Å²) in [5.41, 5.74) is -0.320. The van der Waals surface area contributed by atoms with Gasteiger partial charge in [0.1, 0.15) is 0 Å². The Balaban J connectivity index is 2.47. The molecule has 2 N–H and O–H groups in total. The third-order valence-electron chi connectivity index (χ3n) is 4.08. The highest BCUT2D eigenvalue weighted by molar-refractivity contribution is 5.83. The maximum atomic E-state index is 12.5. The lowest BCUT2D eigenvalue weighted by atomic mass is 9.78. The summed E-state index contributed by atoms with van der Waals surface area (Å²) >= 11 is 0. The largest absolute Gasteiger partial charge is 0.384 e. The summed E-state index contributed by atoms with van der Waals surface area (Å²) in [4.78, 5) is 12.5. The summed E-state index contributed by atoms with van der Waals surface area (Å²) in [6.45, 7) is 6.64. The average molecular weight is 270 g/mol. The first-order valence-corrected chi connectivity index (χ1v) is 7.65. The summed E-state index contributed by atoms with van der Waals surface area (Å²) in [5.74, 6) is 0.180. The fourth-order valence-corrected chi connectivity index (χ4v) is 2.77. The topological polar surface area (TPSA) is 50.4 Å². The number of piperidine rings is 1. The fourth-order valence-electron chi connectivity index (χ4n) is 2.77. The Morgan fingerprint density at radius 1 is 1.37 bits per heavy atom. The Morgan fingerprint density at radius 3 is 2.63 bits per heavy atom. The second-order valence-corrected chi connectivity index (χ2v) is 5.83. The zero-order valence-electron chi connectivity index (χ0n) is 12.8. The van der Waals surface area contributed by atoms with E-state index in [1.54, 1.807) is 7.11 Å². The van der Waals surface area contributed by atoms with Gasteiger partial charge in [0.05, 0.1) is 12.0 Å². The van der Waals surface area contributed by atoms with Crippen molar-refractivity contribution in [3.05, 3.63) is 0 Å². The van der Waals surface area contributed by atoms with E-state index in [9.17, 15) is 4.79 Å². The molecule has 4 nitrogen and oxygen atoms in total. The van der Waals surface area contributed by atoms with E-state index < -0.39 is 0 Å². The fraction of sp³-hybridized carbons (Fsp3) is 0.933. The minimum absolute atomic E-state index is 0.180. The van der Waals surface area contributed by atoms with Gasteiger partial charge in [-0.05, 0) is 39.3 Å². The zero-order valence-corrected chi connectivity index (χ0v) is 12.8. The van der Waals surface area contributed by atoms with Crippen LogP contribution in [0.4, 0.5) is 0 Å². The standard InChI is InChI=1S/C15H30N2O2/c1-4-5-6-7-13(2)17-14(18)15(12-19-3)8-10-16-11-9-15/h13,16H,4-12H2,1-3H3,(H,17,18). The van der Waals surface area contributed by atoms with Crippen molar-refractivity contribution >= 4 is 5.91 Å². The van der Waals surface area contributed by atoms with Gasteiger partial charge in [-0.3, -0.25) is 4.79 Å². The first-order chi connectivity index (χ1) is 9.14. The molecule has 0 bridgehead atoms. The molecular weight excluding hydrogens is 240 g/mol. The van der Waals surface area contributed by atoms with Crippen LogP contribution in [-0.2, 0) is 9.53 Å². The molecule has 1 rings (SSSR count). The zero-order chi connectivity index (χ0) is 14.1. The van der Waals surface area contributed by atoms with Crippen LogP contribution in [0.25, 0.3) is 0 Å². The molecule has 19 heavy (non-hydrogen) atoms. The van der Waals surface area contributed by atoms with Crippen molar-refractivity contribution in [1.82, 2.24) is 10.6 Å². The molecule has 1 atom stereocenters. The van der Waals surface area contributed by atoms with Gasteiger partial charge in [-0.25, -0.2) is 0 Å². The Bertz CT molecular complexity index is 257. The lowest BCUT2D eigenvalue weighted by molar-refractivity contribution is -0.136. The Labute approximate surface area is 117 Å². The summed E-state index contributed by atoms with van der Waals surface area (Å²) in [7, 11) is 1.68. The molecule has 112 valence electrons. The van der Waals surface area contributed by atoms with Crippen molar-refractivity contribution in [2.45, 2.75) is 58.4 Å². The van der Waals surface area contributed by atoms with E-state index in [-0.39, 0.29) is 17.4 Å². The summed E-state index contributed by atoms with van der Waals surface area (Å²) < 4.78 is 5.30. The molecule has 1 aliphatic rings. The van der Waals surface area contributed by atoms with Gasteiger partial charge in [0, 0.05) is 13.2 Å². The first-order valence-electron chi connectivity index (χ1n) is 7.65. The van der Waals surface area contributed by atoms with Gasteiger partial charge in [0.25, 0.3) is 0 Å². The van der Waals surface area contributed by atoms with Crippen LogP contribution in [0.1, 0.15) is 52.4 Å². The quantitative estimate of drug-likeness (QED) is 0.664. The van der Waals surface area contributed by atoms with Crippen LogP contribution in [-0.4, -0.2) is 38.8 Å². The predicted molar refractivity (Wildman–Crippen MR) is 78.2 cm³/mol. The maximum absolute atomic E-state index is 12.5.